The summed E-state index contributed by atoms with van der Waals surface area (Å²) >= 11 is 0. The zero-order valence-corrected chi connectivity index (χ0v) is 13.0. The molecule has 0 aliphatic rings. The highest BCUT2D eigenvalue weighted by Gasteiger charge is 2.11. The summed E-state index contributed by atoms with van der Waals surface area (Å²) < 4.78 is 2.40. The standard InChI is InChI=1S/C19H22N2/c1-13-4-6-16(7-5-13)12-21-15(3)14(2)18-10-17(11-20)8-9-19(18)21/h4-10H,11-12,20H2,1-3H3. The van der Waals surface area contributed by atoms with Crippen molar-refractivity contribution in [2.24, 2.45) is 5.73 Å². The van der Waals surface area contributed by atoms with Crippen molar-refractivity contribution in [2.45, 2.75) is 33.9 Å². The zero-order chi connectivity index (χ0) is 15.0. The zero-order valence-electron chi connectivity index (χ0n) is 13.0. The topological polar surface area (TPSA) is 30.9 Å². The molecular formula is C19H22N2. The predicted molar refractivity (Wildman–Crippen MR) is 89.6 cm³/mol. The third-order valence-electron chi connectivity index (χ3n) is 4.40. The third kappa shape index (κ3) is 2.47. The number of nitrogens with zero attached hydrogens (tertiary/aromatic N) is 1. The van der Waals surface area contributed by atoms with Gasteiger partial charge in [0.1, 0.15) is 0 Å². The van der Waals surface area contributed by atoms with Crippen LogP contribution in [-0.2, 0) is 13.1 Å². The van der Waals surface area contributed by atoms with Gasteiger partial charge in [0.25, 0.3) is 0 Å². The van der Waals surface area contributed by atoms with Crippen molar-refractivity contribution in [1.29, 1.82) is 0 Å². The maximum atomic E-state index is 5.77. The number of aromatic nitrogens is 1. The van der Waals surface area contributed by atoms with Crippen molar-refractivity contribution >= 4 is 10.9 Å². The third-order valence-corrected chi connectivity index (χ3v) is 4.40. The minimum atomic E-state index is 0.595. The SMILES string of the molecule is Cc1ccc(Cn2c(C)c(C)c3cc(CN)ccc32)cc1. The molecule has 0 aliphatic heterocycles. The Morgan fingerprint density at radius 2 is 1.57 bits per heavy atom. The van der Waals surface area contributed by atoms with E-state index in [0.717, 1.165) is 6.54 Å². The molecule has 2 heteroatoms. The van der Waals surface area contributed by atoms with Crippen LogP contribution in [0.3, 0.4) is 0 Å². The molecule has 0 atom stereocenters. The first kappa shape index (κ1) is 13.9. The molecule has 3 aromatic rings. The lowest BCUT2D eigenvalue weighted by molar-refractivity contribution is 0.800. The van der Waals surface area contributed by atoms with E-state index in [2.05, 4.69) is 67.8 Å². The molecule has 0 radical (unpaired) electrons. The monoisotopic (exact) mass is 278 g/mol. The summed E-state index contributed by atoms with van der Waals surface area (Å²) in [5, 5.41) is 1.32. The van der Waals surface area contributed by atoms with Gasteiger partial charge < -0.3 is 10.3 Å². The van der Waals surface area contributed by atoms with E-state index in [1.807, 2.05) is 0 Å². The average Bonchev–Trinajstić information content (AvgIpc) is 2.74. The maximum Gasteiger partial charge on any atom is 0.0488 e. The maximum absolute atomic E-state index is 5.77. The van der Waals surface area contributed by atoms with E-state index in [1.165, 1.54) is 38.9 Å². The predicted octanol–water partition coefficient (Wildman–Crippen LogP) is 4.07. The van der Waals surface area contributed by atoms with Gasteiger partial charge in [0, 0.05) is 29.7 Å². The van der Waals surface area contributed by atoms with Crippen molar-refractivity contribution in [2.75, 3.05) is 0 Å². The molecule has 108 valence electrons. The Labute approximate surface area is 126 Å². The first-order valence-corrected chi connectivity index (χ1v) is 7.44. The number of nitrogens with two attached hydrogens (primary N) is 1. The second kappa shape index (κ2) is 5.38. The van der Waals surface area contributed by atoms with Crippen molar-refractivity contribution in [3.63, 3.8) is 0 Å². The van der Waals surface area contributed by atoms with E-state index in [1.54, 1.807) is 0 Å². The fourth-order valence-corrected chi connectivity index (χ4v) is 2.90. The second-order valence-corrected chi connectivity index (χ2v) is 5.84. The smallest absolute Gasteiger partial charge is 0.0488 e. The Hall–Kier alpha value is -2.06. The molecule has 0 aliphatic carbocycles. The van der Waals surface area contributed by atoms with Gasteiger partial charge in [-0.15, -0.1) is 0 Å². The number of hydrogen-bond donors (Lipinski definition) is 1. The van der Waals surface area contributed by atoms with Crippen LogP contribution >= 0.6 is 0 Å². The van der Waals surface area contributed by atoms with Crippen LogP contribution in [0, 0.1) is 20.8 Å². The van der Waals surface area contributed by atoms with Crippen LogP contribution in [0.4, 0.5) is 0 Å². The molecule has 0 saturated carbocycles. The van der Waals surface area contributed by atoms with Crippen LogP contribution in [-0.4, -0.2) is 4.57 Å². The summed E-state index contributed by atoms with van der Waals surface area (Å²) in [5.41, 5.74) is 13.6. The Kier molecular flexibility index (Phi) is 3.56. The van der Waals surface area contributed by atoms with Gasteiger partial charge in [-0.2, -0.15) is 0 Å². The van der Waals surface area contributed by atoms with Gasteiger partial charge in [-0.05, 0) is 49.6 Å². The molecule has 1 aromatic heterocycles. The number of benzene rings is 2. The van der Waals surface area contributed by atoms with E-state index < -0.39 is 0 Å². The lowest BCUT2D eigenvalue weighted by atomic mass is 10.1. The van der Waals surface area contributed by atoms with Crippen molar-refractivity contribution < 1.29 is 0 Å². The molecule has 0 fully saturated rings. The highest BCUT2D eigenvalue weighted by atomic mass is 15.0. The lowest BCUT2D eigenvalue weighted by Gasteiger charge is -2.09. The molecule has 0 unspecified atom stereocenters. The molecular weight excluding hydrogens is 256 g/mol. The van der Waals surface area contributed by atoms with Crippen LogP contribution in [0.15, 0.2) is 42.5 Å². The molecule has 0 spiro atoms. The molecule has 0 amide bonds. The first-order valence-electron chi connectivity index (χ1n) is 7.44. The van der Waals surface area contributed by atoms with Crippen LogP contribution in [0.1, 0.15) is 27.9 Å². The lowest BCUT2D eigenvalue weighted by Crippen LogP contribution is -2.02. The highest BCUT2D eigenvalue weighted by Crippen LogP contribution is 2.27. The summed E-state index contributed by atoms with van der Waals surface area (Å²) in [4.78, 5) is 0. The summed E-state index contributed by atoms with van der Waals surface area (Å²) in [6, 6.07) is 15.3. The van der Waals surface area contributed by atoms with E-state index in [0.29, 0.717) is 6.54 Å². The minimum Gasteiger partial charge on any atom is -0.340 e. The van der Waals surface area contributed by atoms with Gasteiger partial charge in [-0.25, -0.2) is 0 Å². The molecule has 0 saturated heterocycles. The largest absolute Gasteiger partial charge is 0.340 e. The van der Waals surface area contributed by atoms with Crippen molar-refractivity contribution in [3.8, 4) is 0 Å². The van der Waals surface area contributed by atoms with Crippen LogP contribution < -0.4 is 5.73 Å². The highest BCUT2D eigenvalue weighted by molar-refractivity contribution is 5.86. The molecule has 1 heterocycles. The number of aryl methyl sites for hydroxylation is 2. The van der Waals surface area contributed by atoms with Gasteiger partial charge in [0.05, 0.1) is 0 Å². The molecule has 2 N–H and O–H groups in total. The first-order chi connectivity index (χ1) is 10.1. The Balaban J connectivity index is 2.09. The van der Waals surface area contributed by atoms with Crippen LogP contribution in [0.2, 0.25) is 0 Å². The fourth-order valence-electron chi connectivity index (χ4n) is 2.90. The van der Waals surface area contributed by atoms with Gasteiger partial charge in [0.15, 0.2) is 0 Å². The summed E-state index contributed by atoms with van der Waals surface area (Å²) in [6.45, 7) is 8.03. The molecule has 3 rings (SSSR count). The van der Waals surface area contributed by atoms with Gasteiger partial charge in [0.2, 0.25) is 0 Å². The van der Waals surface area contributed by atoms with Crippen molar-refractivity contribution in [1.82, 2.24) is 4.57 Å². The average molecular weight is 278 g/mol. The normalized spacial score (nSPS) is 11.2. The van der Waals surface area contributed by atoms with Crippen LogP contribution in [0.25, 0.3) is 10.9 Å². The Bertz CT molecular complexity index is 779. The number of rotatable bonds is 3. The summed E-state index contributed by atoms with van der Waals surface area (Å²) in [6.07, 6.45) is 0. The van der Waals surface area contributed by atoms with E-state index in [9.17, 15) is 0 Å². The fraction of sp³-hybridized carbons (Fsp3) is 0.263. The molecule has 21 heavy (non-hydrogen) atoms. The van der Waals surface area contributed by atoms with Crippen LogP contribution in [0.5, 0.6) is 0 Å². The van der Waals surface area contributed by atoms with Gasteiger partial charge in [-0.3, -0.25) is 0 Å². The molecule has 2 nitrogen and oxygen atoms in total. The minimum absolute atomic E-state index is 0.595. The number of hydrogen-bond acceptors (Lipinski definition) is 1. The van der Waals surface area contributed by atoms with E-state index >= 15 is 0 Å². The second-order valence-electron chi connectivity index (χ2n) is 5.84. The van der Waals surface area contributed by atoms with Crippen molar-refractivity contribution in [3.05, 3.63) is 70.4 Å². The Morgan fingerprint density at radius 3 is 2.24 bits per heavy atom. The Morgan fingerprint density at radius 1 is 0.905 bits per heavy atom. The van der Waals surface area contributed by atoms with Gasteiger partial charge >= 0.3 is 0 Å². The van der Waals surface area contributed by atoms with E-state index in [-0.39, 0.29) is 0 Å². The van der Waals surface area contributed by atoms with E-state index in [4.69, 9.17) is 5.73 Å². The molecule has 2 aromatic carbocycles. The quantitative estimate of drug-likeness (QED) is 0.769. The number of fused-ring (bicyclic) bond motifs is 1. The summed E-state index contributed by atoms with van der Waals surface area (Å²) in [7, 11) is 0. The summed E-state index contributed by atoms with van der Waals surface area (Å²) in [5.74, 6) is 0. The van der Waals surface area contributed by atoms with Gasteiger partial charge in [-0.1, -0.05) is 35.9 Å². The molecule has 0 bridgehead atoms.